The van der Waals surface area contributed by atoms with Gasteiger partial charge < -0.3 is 30.9 Å². The lowest BCUT2D eigenvalue weighted by atomic mass is 9.99. The van der Waals surface area contributed by atoms with Gasteiger partial charge in [0, 0.05) is 19.8 Å². The van der Waals surface area contributed by atoms with Gasteiger partial charge in [0.05, 0.1) is 24.7 Å². The van der Waals surface area contributed by atoms with Gasteiger partial charge in [-0.2, -0.15) is 0 Å². The first-order valence-electron chi connectivity index (χ1n) is 13.0. The van der Waals surface area contributed by atoms with Crippen LogP contribution in [-0.2, 0) is 23.2 Å². The first-order chi connectivity index (χ1) is 19.8. The molecule has 10 heteroatoms. The van der Waals surface area contributed by atoms with Crippen LogP contribution in [0.3, 0.4) is 0 Å². The zero-order valence-corrected chi connectivity index (χ0v) is 22.5. The minimum atomic E-state index is -1.07. The van der Waals surface area contributed by atoms with Gasteiger partial charge in [0.15, 0.2) is 0 Å². The summed E-state index contributed by atoms with van der Waals surface area (Å²) in [7, 11) is 1.64. The molecule has 1 unspecified atom stereocenters. The third kappa shape index (κ3) is 8.30. The number of carboxylic acid groups (broad SMARTS) is 1. The Hall–Kier alpha value is -5.38. The Morgan fingerprint density at radius 1 is 0.829 bits per heavy atom. The minimum Gasteiger partial charge on any atom is -0.481 e. The van der Waals surface area contributed by atoms with Crippen molar-refractivity contribution in [3.05, 3.63) is 114 Å². The van der Waals surface area contributed by atoms with Gasteiger partial charge in [-0.25, -0.2) is 4.79 Å². The van der Waals surface area contributed by atoms with Crippen LogP contribution in [-0.4, -0.2) is 40.0 Å². The molecular formula is C31H31N5O5. The van der Waals surface area contributed by atoms with Crippen molar-refractivity contribution in [1.82, 2.24) is 20.5 Å². The lowest BCUT2D eigenvalue weighted by molar-refractivity contribution is -0.137. The molecule has 1 atom stereocenters. The Balaban J connectivity index is 1.31. The van der Waals surface area contributed by atoms with E-state index in [-0.39, 0.29) is 18.7 Å². The van der Waals surface area contributed by atoms with E-state index < -0.39 is 29.9 Å². The maximum atomic E-state index is 12.8. The lowest BCUT2D eigenvalue weighted by Gasteiger charge is -2.18. The van der Waals surface area contributed by atoms with Gasteiger partial charge in [-0.1, -0.05) is 84.9 Å². The average Bonchev–Trinajstić information content (AvgIpc) is 3.35. The first kappa shape index (κ1) is 28.6. The fraction of sp³-hybridized carbons (Fsp3) is 0.161. The molecule has 0 saturated carbocycles. The van der Waals surface area contributed by atoms with Gasteiger partial charge in [-0.05, 0) is 28.3 Å². The Bertz CT molecular complexity index is 1500. The van der Waals surface area contributed by atoms with Crippen molar-refractivity contribution in [2.24, 2.45) is 7.05 Å². The van der Waals surface area contributed by atoms with Crippen LogP contribution in [0.2, 0.25) is 0 Å². The molecule has 0 aliphatic carbocycles. The van der Waals surface area contributed by atoms with Crippen molar-refractivity contribution in [3.63, 3.8) is 0 Å². The molecule has 0 aliphatic rings. The summed E-state index contributed by atoms with van der Waals surface area (Å²) in [6.45, 7) is -0.00937. The molecule has 5 N–H and O–H groups in total. The van der Waals surface area contributed by atoms with E-state index in [0.717, 1.165) is 16.7 Å². The third-order valence-electron chi connectivity index (χ3n) is 6.33. The fourth-order valence-corrected chi connectivity index (χ4v) is 4.27. The van der Waals surface area contributed by atoms with Crippen LogP contribution < -0.4 is 21.3 Å². The molecule has 4 rings (SSSR count). The zero-order valence-electron chi connectivity index (χ0n) is 22.5. The number of nitrogens with zero attached hydrogens (tertiary/aromatic N) is 1. The second kappa shape index (κ2) is 13.6. The Kier molecular flexibility index (Phi) is 9.50. The second-order valence-electron chi connectivity index (χ2n) is 9.41. The van der Waals surface area contributed by atoms with Crippen molar-refractivity contribution in [2.45, 2.75) is 19.0 Å². The number of anilines is 1. The monoisotopic (exact) mass is 553 g/mol. The SMILES string of the molecule is Cn1cc(NC(=O)NCc2ccccc2)cc1C(=O)NCC(=O)NC(CC(=O)O)c1ccc(-c2ccccc2)cc1. The third-order valence-corrected chi connectivity index (χ3v) is 6.33. The maximum Gasteiger partial charge on any atom is 0.319 e. The smallest absolute Gasteiger partial charge is 0.319 e. The van der Waals surface area contributed by atoms with E-state index in [1.807, 2.05) is 72.8 Å². The van der Waals surface area contributed by atoms with Gasteiger partial charge in [-0.15, -0.1) is 0 Å². The average molecular weight is 554 g/mol. The second-order valence-corrected chi connectivity index (χ2v) is 9.41. The Morgan fingerprint density at radius 2 is 1.46 bits per heavy atom. The van der Waals surface area contributed by atoms with E-state index in [0.29, 0.717) is 17.8 Å². The summed E-state index contributed by atoms with van der Waals surface area (Å²) < 4.78 is 1.53. The highest BCUT2D eigenvalue weighted by Gasteiger charge is 2.20. The van der Waals surface area contributed by atoms with E-state index >= 15 is 0 Å². The van der Waals surface area contributed by atoms with Crippen molar-refractivity contribution < 1.29 is 24.3 Å². The van der Waals surface area contributed by atoms with E-state index in [1.54, 1.807) is 25.4 Å². The van der Waals surface area contributed by atoms with Crippen molar-refractivity contribution in [1.29, 1.82) is 0 Å². The molecule has 0 aliphatic heterocycles. The number of carbonyl (C=O) groups excluding carboxylic acids is 3. The molecule has 0 radical (unpaired) electrons. The van der Waals surface area contributed by atoms with E-state index in [4.69, 9.17) is 0 Å². The Labute approximate surface area is 237 Å². The van der Waals surface area contributed by atoms with Gasteiger partial charge in [-0.3, -0.25) is 14.4 Å². The minimum absolute atomic E-state index is 0.231. The number of hydrogen-bond acceptors (Lipinski definition) is 4. The Morgan fingerprint density at radius 3 is 2.12 bits per heavy atom. The quantitative estimate of drug-likeness (QED) is 0.190. The molecule has 1 aromatic heterocycles. The highest BCUT2D eigenvalue weighted by Crippen LogP contribution is 2.23. The molecular weight excluding hydrogens is 522 g/mol. The molecule has 4 aromatic rings. The molecule has 1 heterocycles. The topological polar surface area (TPSA) is 142 Å². The van der Waals surface area contributed by atoms with E-state index in [2.05, 4.69) is 21.3 Å². The number of aryl methyl sites for hydroxylation is 1. The highest BCUT2D eigenvalue weighted by molar-refractivity contribution is 5.97. The van der Waals surface area contributed by atoms with Gasteiger partial charge in [0.2, 0.25) is 5.91 Å². The van der Waals surface area contributed by atoms with Gasteiger partial charge in [0.1, 0.15) is 5.69 Å². The standard InChI is InChI=1S/C31H31N5O5/c1-36-20-25(34-31(41)33-18-21-8-4-2-5-9-21)16-27(36)30(40)32-19-28(37)35-26(17-29(38)39)24-14-12-23(13-15-24)22-10-6-3-7-11-22/h2-16,20,26H,17-19H2,1H3,(H,32,40)(H,35,37)(H,38,39)(H2,33,34,41). The summed E-state index contributed by atoms with van der Waals surface area (Å²) in [4.78, 5) is 49.1. The molecule has 0 saturated heterocycles. The number of carboxylic acids is 1. The van der Waals surface area contributed by atoms with Crippen LogP contribution in [0, 0.1) is 0 Å². The molecule has 0 spiro atoms. The fourth-order valence-electron chi connectivity index (χ4n) is 4.27. The van der Waals surface area contributed by atoms with Crippen LogP contribution in [0.1, 0.15) is 34.1 Å². The van der Waals surface area contributed by atoms with Gasteiger partial charge >= 0.3 is 12.0 Å². The van der Waals surface area contributed by atoms with Crippen LogP contribution in [0.5, 0.6) is 0 Å². The number of amides is 4. The highest BCUT2D eigenvalue weighted by atomic mass is 16.4. The van der Waals surface area contributed by atoms with Crippen LogP contribution in [0.4, 0.5) is 10.5 Å². The summed E-state index contributed by atoms with van der Waals surface area (Å²) in [6.07, 6.45) is 1.27. The van der Waals surface area contributed by atoms with Crippen molar-refractivity contribution >= 4 is 29.5 Å². The number of rotatable bonds is 11. The largest absolute Gasteiger partial charge is 0.481 e. The van der Waals surface area contributed by atoms with E-state index in [9.17, 15) is 24.3 Å². The number of benzene rings is 3. The summed E-state index contributed by atoms with van der Waals surface area (Å²) in [6, 6.07) is 26.8. The molecule has 41 heavy (non-hydrogen) atoms. The first-order valence-corrected chi connectivity index (χ1v) is 13.0. The molecule has 0 bridgehead atoms. The summed E-state index contributed by atoms with van der Waals surface area (Å²) in [5, 5.41) is 20.1. The molecule has 210 valence electrons. The predicted molar refractivity (Wildman–Crippen MR) is 155 cm³/mol. The lowest BCUT2D eigenvalue weighted by Crippen LogP contribution is -2.39. The number of carbonyl (C=O) groups is 4. The summed E-state index contributed by atoms with van der Waals surface area (Å²) in [5.74, 6) is -2.13. The van der Waals surface area contributed by atoms with Gasteiger partial charge in [0.25, 0.3) is 5.91 Å². The number of nitrogens with one attached hydrogen (secondary N) is 4. The zero-order chi connectivity index (χ0) is 29.2. The molecule has 4 amide bonds. The number of urea groups is 1. The van der Waals surface area contributed by atoms with E-state index in [1.165, 1.54) is 10.6 Å². The molecule has 0 fully saturated rings. The normalized spacial score (nSPS) is 11.2. The van der Waals surface area contributed by atoms with Crippen molar-refractivity contribution in [3.8, 4) is 11.1 Å². The van der Waals surface area contributed by atoms with Crippen molar-refractivity contribution in [2.75, 3.05) is 11.9 Å². The molecule has 3 aromatic carbocycles. The summed E-state index contributed by atoms with van der Waals surface area (Å²) >= 11 is 0. The van der Waals surface area contributed by atoms with Crippen LogP contribution in [0.25, 0.3) is 11.1 Å². The number of hydrogen-bond donors (Lipinski definition) is 5. The van der Waals surface area contributed by atoms with Crippen LogP contribution in [0.15, 0.2) is 97.2 Å². The van der Waals surface area contributed by atoms with Crippen LogP contribution >= 0.6 is 0 Å². The number of aromatic nitrogens is 1. The number of aliphatic carboxylic acids is 1. The summed E-state index contributed by atoms with van der Waals surface area (Å²) in [5.41, 5.74) is 4.21. The predicted octanol–water partition coefficient (Wildman–Crippen LogP) is 4.08. The molecule has 10 nitrogen and oxygen atoms in total. The maximum absolute atomic E-state index is 12.8.